The van der Waals surface area contributed by atoms with Crippen LogP contribution in [-0.2, 0) is 20.7 Å². The van der Waals surface area contributed by atoms with Gasteiger partial charge in [0, 0.05) is 37.7 Å². The number of rotatable bonds is 7. The van der Waals surface area contributed by atoms with E-state index in [0.717, 1.165) is 45.6 Å². The smallest absolute Gasteiger partial charge is 0.313 e. The van der Waals surface area contributed by atoms with Crippen molar-refractivity contribution in [2.24, 2.45) is 11.3 Å². The summed E-state index contributed by atoms with van der Waals surface area (Å²) < 4.78 is 30.6. The van der Waals surface area contributed by atoms with Crippen molar-refractivity contribution in [3.8, 4) is 11.3 Å². The molecule has 7 heteroatoms. The molecule has 1 aromatic heterocycles. The normalized spacial score (nSPS) is 24.8. The Morgan fingerprint density at radius 1 is 1.40 bits per heavy atom. The fourth-order valence-corrected chi connectivity index (χ4v) is 4.67. The minimum Gasteiger partial charge on any atom is -0.466 e. The Kier molecular flexibility index (Phi) is 6.49. The molecule has 0 amide bonds. The van der Waals surface area contributed by atoms with Gasteiger partial charge in [-0.2, -0.15) is 0 Å². The Balaban J connectivity index is 1.53. The third-order valence-corrected chi connectivity index (χ3v) is 6.13. The van der Waals surface area contributed by atoms with Gasteiger partial charge >= 0.3 is 5.97 Å². The zero-order valence-corrected chi connectivity index (χ0v) is 17.4. The molecule has 2 aromatic rings. The van der Waals surface area contributed by atoms with Gasteiger partial charge in [0.1, 0.15) is 17.3 Å². The first-order chi connectivity index (χ1) is 14.6. The minimum absolute atomic E-state index is 0.193. The third-order valence-electron chi connectivity index (χ3n) is 6.13. The van der Waals surface area contributed by atoms with Crippen molar-refractivity contribution in [2.75, 3.05) is 39.5 Å². The van der Waals surface area contributed by atoms with Gasteiger partial charge in [-0.05, 0) is 50.8 Å². The van der Waals surface area contributed by atoms with E-state index < -0.39 is 5.41 Å². The van der Waals surface area contributed by atoms with E-state index in [-0.39, 0.29) is 11.8 Å². The maximum Gasteiger partial charge on any atom is 0.313 e. The number of piperidine rings is 1. The Hall–Kier alpha value is -2.25. The maximum absolute atomic E-state index is 14.1. The summed E-state index contributed by atoms with van der Waals surface area (Å²) in [5, 5.41) is 4.05. The molecule has 2 fully saturated rings. The maximum atomic E-state index is 14.1. The number of hydrogen-bond donors (Lipinski definition) is 0. The molecule has 2 aliphatic heterocycles. The molecule has 0 saturated carbocycles. The molecule has 0 bridgehead atoms. The van der Waals surface area contributed by atoms with Crippen LogP contribution in [0.1, 0.15) is 31.9 Å². The number of likely N-dealkylation sites (tertiary alicyclic amines) is 1. The topological polar surface area (TPSA) is 64.8 Å². The lowest BCUT2D eigenvalue weighted by molar-refractivity contribution is -0.159. The molecule has 6 nitrogen and oxygen atoms in total. The second-order valence-corrected chi connectivity index (χ2v) is 8.40. The fourth-order valence-electron chi connectivity index (χ4n) is 4.67. The van der Waals surface area contributed by atoms with Crippen LogP contribution in [0.25, 0.3) is 11.3 Å². The molecule has 0 N–H and O–H groups in total. The van der Waals surface area contributed by atoms with Crippen molar-refractivity contribution in [2.45, 2.75) is 32.6 Å². The van der Waals surface area contributed by atoms with Crippen LogP contribution in [-0.4, -0.2) is 55.5 Å². The molecular weight excluding hydrogens is 387 g/mol. The van der Waals surface area contributed by atoms with Crippen LogP contribution in [0.15, 0.2) is 34.9 Å². The summed E-state index contributed by atoms with van der Waals surface area (Å²) in [5.74, 6) is 0.551. The van der Waals surface area contributed by atoms with Crippen LogP contribution in [0.2, 0.25) is 0 Å². The van der Waals surface area contributed by atoms with Gasteiger partial charge < -0.3 is 18.9 Å². The SMILES string of the molecule is CCOC(=O)C1(Cc2cc(-c3ccccc3F)no2)CCCN(CC2CCOC2)C1. The fraction of sp³-hybridized carbons (Fsp3) is 0.565. The molecular formula is C23H29FN2O4. The first kappa shape index (κ1) is 21.0. The highest BCUT2D eigenvalue weighted by Crippen LogP contribution is 2.37. The van der Waals surface area contributed by atoms with E-state index in [1.54, 1.807) is 24.3 Å². The monoisotopic (exact) mass is 416 g/mol. The molecule has 0 radical (unpaired) electrons. The average Bonchev–Trinajstić information content (AvgIpc) is 3.41. The molecule has 162 valence electrons. The number of ether oxygens (including phenoxy) is 2. The molecule has 3 heterocycles. The summed E-state index contributed by atoms with van der Waals surface area (Å²) in [4.78, 5) is 15.4. The summed E-state index contributed by atoms with van der Waals surface area (Å²) in [6, 6.07) is 8.21. The van der Waals surface area contributed by atoms with E-state index >= 15 is 0 Å². The number of hydrogen-bond acceptors (Lipinski definition) is 6. The van der Waals surface area contributed by atoms with Crippen LogP contribution in [0, 0.1) is 17.2 Å². The van der Waals surface area contributed by atoms with Crippen molar-refractivity contribution in [1.29, 1.82) is 0 Å². The van der Waals surface area contributed by atoms with Crippen molar-refractivity contribution in [3.63, 3.8) is 0 Å². The first-order valence-electron chi connectivity index (χ1n) is 10.8. The lowest BCUT2D eigenvalue weighted by atomic mass is 9.76. The summed E-state index contributed by atoms with van der Waals surface area (Å²) in [6.07, 6.45) is 3.11. The highest BCUT2D eigenvalue weighted by atomic mass is 19.1. The summed E-state index contributed by atoms with van der Waals surface area (Å²) in [5.41, 5.74) is 0.154. The van der Waals surface area contributed by atoms with Crippen LogP contribution in [0.5, 0.6) is 0 Å². The molecule has 30 heavy (non-hydrogen) atoms. The Bertz CT molecular complexity index is 864. The summed E-state index contributed by atoms with van der Waals surface area (Å²) in [7, 11) is 0. The zero-order chi connectivity index (χ0) is 21.0. The molecule has 2 saturated heterocycles. The lowest BCUT2D eigenvalue weighted by Crippen LogP contribution is -2.50. The number of nitrogens with zero attached hydrogens (tertiary/aromatic N) is 2. The van der Waals surface area contributed by atoms with Gasteiger partial charge in [0.15, 0.2) is 0 Å². The quantitative estimate of drug-likeness (QED) is 0.641. The van der Waals surface area contributed by atoms with Crippen molar-refractivity contribution >= 4 is 5.97 Å². The number of aromatic nitrogens is 1. The van der Waals surface area contributed by atoms with Gasteiger partial charge in [-0.25, -0.2) is 4.39 Å². The third kappa shape index (κ3) is 4.57. The van der Waals surface area contributed by atoms with Gasteiger partial charge in [0.25, 0.3) is 0 Å². The van der Waals surface area contributed by atoms with E-state index in [9.17, 15) is 9.18 Å². The van der Waals surface area contributed by atoms with Gasteiger partial charge in [0.05, 0.1) is 18.6 Å². The van der Waals surface area contributed by atoms with Gasteiger partial charge in [-0.3, -0.25) is 4.79 Å². The van der Waals surface area contributed by atoms with Crippen molar-refractivity contribution in [1.82, 2.24) is 10.1 Å². The number of carbonyl (C=O) groups excluding carboxylic acids is 1. The first-order valence-corrected chi connectivity index (χ1v) is 10.8. The van der Waals surface area contributed by atoms with Gasteiger partial charge in [-0.1, -0.05) is 17.3 Å². The number of benzene rings is 1. The van der Waals surface area contributed by atoms with Gasteiger partial charge in [0.2, 0.25) is 0 Å². The van der Waals surface area contributed by atoms with E-state index in [1.165, 1.54) is 6.07 Å². The van der Waals surface area contributed by atoms with Crippen LogP contribution in [0.3, 0.4) is 0 Å². The largest absolute Gasteiger partial charge is 0.466 e. The minimum atomic E-state index is -0.681. The van der Waals surface area contributed by atoms with E-state index in [4.69, 9.17) is 14.0 Å². The highest BCUT2D eigenvalue weighted by molar-refractivity contribution is 5.77. The van der Waals surface area contributed by atoms with E-state index in [2.05, 4.69) is 10.1 Å². The van der Waals surface area contributed by atoms with E-state index in [1.807, 2.05) is 6.92 Å². The van der Waals surface area contributed by atoms with Crippen LogP contribution < -0.4 is 0 Å². The number of halogens is 1. The zero-order valence-electron chi connectivity index (χ0n) is 17.4. The Morgan fingerprint density at radius 2 is 2.27 bits per heavy atom. The summed E-state index contributed by atoms with van der Waals surface area (Å²) >= 11 is 0. The molecule has 2 unspecified atom stereocenters. The second kappa shape index (κ2) is 9.27. The summed E-state index contributed by atoms with van der Waals surface area (Å²) in [6.45, 7) is 6.29. The number of esters is 1. The van der Waals surface area contributed by atoms with Crippen LogP contribution >= 0.6 is 0 Å². The van der Waals surface area contributed by atoms with Crippen LogP contribution in [0.4, 0.5) is 4.39 Å². The molecule has 2 atom stereocenters. The predicted molar refractivity (Wildman–Crippen MR) is 109 cm³/mol. The Morgan fingerprint density at radius 3 is 3.03 bits per heavy atom. The highest BCUT2D eigenvalue weighted by Gasteiger charge is 2.45. The van der Waals surface area contributed by atoms with Gasteiger partial charge in [-0.15, -0.1) is 0 Å². The van der Waals surface area contributed by atoms with E-state index in [0.29, 0.717) is 42.5 Å². The second-order valence-electron chi connectivity index (χ2n) is 8.40. The average molecular weight is 416 g/mol. The molecule has 2 aliphatic rings. The van der Waals surface area contributed by atoms with Crippen molar-refractivity contribution < 1.29 is 23.2 Å². The predicted octanol–water partition coefficient (Wildman–Crippen LogP) is 3.71. The Labute approximate surface area is 176 Å². The number of carbonyl (C=O) groups is 1. The standard InChI is InChI=1S/C23H29FN2O4/c1-2-29-22(27)23(9-5-10-26(16-23)14-17-8-11-28-15-17)13-18-12-21(25-30-18)19-6-3-4-7-20(19)24/h3-4,6-7,12,17H,2,5,8-11,13-16H2,1H3. The molecule has 4 rings (SSSR count). The molecule has 0 aliphatic carbocycles. The lowest BCUT2D eigenvalue weighted by Gasteiger charge is -2.41. The molecule has 0 spiro atoms. The van der Waals surface area contributed by atoms with Crippen molar-refractivity contribution in [3.05, 3.63) is 41.9 Å². The molecule has 1 aromatic carbocycles.